The minimum absolute atomic E-state index is 0.0893. The number of hydrogen-bond acceptors (Lipinski definition) is 7. The summed E-state index contributed by atoms with van der Waals surface area (Å²) in [6.45, 7) is 3.04. The zero-order chi connectivity index (χ0) is 21.1. The minimum atomic E-state index is -0.136. The lowest BCUT2D eigenvalue weighted by atomic mass is 10.1. The van der Waals surface area contributed by atoms with Crippen LogP contribution in [0.3, 0.4) is 0 Å². The molecule has 4 heterocycles. The second kappa shape index (κ2) is 8.58. The third-order valence-electron chi connectivity index (χ3n) is 5.03. The van der Waals surface area contributed by atoms with Crippen molar-refractivity contribution < 1.29 is 9.59 Å². The van der Waals surface area contributed by atoms with Crippen LogP contribution in [0.5, 0.6) is 0 Å². The number of aryl methyl sites for hydroxylation is 1. The summed E-state index contributed by atoms with van der Waals surface area (Å²) in [5, 5.41) is 3.02. The van der Waals surface area contributed by atoms with E-state index in [0.717, 1.165) is 17.8 Å². The summed E-state index contributed by atoms with van der Waals surface area (Å²) in [4.78, 5) is 42.9. The molecule has 0 saturated carbocycles. The highest BCUT2D eigenvalue weighted by molar-refractivity contribution is 7.09. The van der Waals surface area contributed by atoms with E-state index in [9.17, 15) is 9.59 Å². The highest BCUT2D eigenvalue weighted by Crippen LogP contribution is 2.30. The third-order valence-corrected chi connectivity index (χ3v) is 6.02. The Kier molecular flexibility index (Phi) is 5.71. The van der Waals surface area contributed by atoms with Gasteiger partial charge in [0.2, 0.25) is 5.91 Å². The molecule has 1 aliphatic rings. The first-order valence-electron chi connectivity index (χ1n) is 9.61. The number of fused-ring (bicyclic) bond motifs is 1. The predicted molar refractivity (Wildman–Crippen MR) is 116 cm³/mol. The van der Waals surface area contributed by atoms with E-state index in [1.54, 1.807) is 46.6 Å². The van der Waals surface area contributed by atoms with Gasteiger partial charge >= 0.3 is 0 Å². The van der Waals surface area contributed by atoms with Crippen molar-refractivity contribution in [3.8, 4) is 0 Å². The van der Waals surface area contributed by atoms with Crippen LogP contribution in [0.2, 0.25) is 0 Å². The number of pyridine rings is 2. The van der Waals surface area contributed by atoms with E-state index in [1.807, 2.05) is 30.6 Å². The monoisotopic (exact) mass is 422 g/mol. The molecule has 4 rings (SSSR count). The van der Waals surface area contributed by atoms with E-state index >= 15 is 0 Å². The van der Waals surface area contributed by atoms with Crippen molar-refractivity contribution in [1.82, 2.24) is 19.9 Å². The second-order valence-electron chi connectivity index (χ2n) is 7.08. The second-order valence-corrected chi connectivity index (χ2v) is 8.02. The summed E-state index contributed by atoms with van der Waals surface area (Å²) < 4.78 is 0. The quantitative estimate of drug-likeness (QED) is 0.656. The van der Waals surface area contributed by atoms with Gasteiger partial charge in [0.25, 0.3) is 5.91 Å². The maximum absolute atomic E-state index is 13.0. The Morgan fingerprint density at radius 2 is 2.17 bits per heavy atom. The number of aromatic nitrogens is 3. The van der Waals surface area contributed by atoms with Gasteiger partial charge in [-0.2, -0.15) is 0 Å². The van der Waals surface area contributed by atoms with Crippen LogP contribution >= 0.6 is 11.3 Å². The van der Waals surface area contributed by atoms with Crippen LogP contribution < -0.4 is 10.2 Å². The van der Waals surface area contributed by atoms with Crippen molar-refractivity contribution in [2.75, 3.05) is 30.4 Å². The first kappa shape index (κ1) is 20.0. The molecular formula is C21H22N6O2S. The first-order chi connectivity index (χ1) is 14.5. The molecule has 8 nitrogen and oxygen atoms in total. The van der Waals surface area contributed by atoms with Gasteiger partial charge in [0.1, 0.15) is 0 Å². The molecule has 1 aliphatic heterocycles. The van der Waals surface area contributed by atoms with E-state index in [2.05, 4.69) is 20.3 Å². The topological polar surface area (TPSA) is 91.3 Å². The molecule has 154 valence electrons. The standard InChI is InChI=1S/C21H22N6O2S/c1-14-18(30-13-25-14)6-8-26(2)21(29)15-9-17-20(23-10-15)24-11-19(28)27(17)12-16-5-3-4-7-22-16/h3-5,7,9-10,13H,6,8,11-12H2,1-2H3,(H,23,24). The normalized spacial score (nSPS) is 13.0. The molecular weight excluding hydrogens is 400 g/mol. The van der Waals surface area contributed by atoms with E-state index in [1.165, 1.54) is 4.88 Å². The number of likely N-dealkylation sites (N-methyl/N-ethyl adjacent to an activating group) is 1. The Morgan fingerprint density at radius 1 is 1.30 bits per heavy atom. The zero-order valence-corrected chi connectivity index (χ0v) is 17.6. The number of carbonyl (C=O) groups is 2. The lowest BCUT2D eigenvalue weighted by Gasteiger charge is -2.29. The third kappa shape index (κ3) is 4.16. The molecule has 3 aromatic heterocycles. The first-order valence-corrected chi connectivity index (χ1v) is 10.5. The molecule has 0 aromatic carbocycles. The smallest absolute Gasteiger partial charge is 0.255 e. The van der Waals surface area contributed by atoms with Crippen LogP contribution in [0.15, 0.2) is 42.2 Å². The Morgan fingerprint density at radius 3 is 2.90 bits per heavy atom. The van der Waals surface area contributed by atoms with Crippen LogP contribution in [0.1, 0.15) is 26.6 Å². The summed E-state index contributed by atoms with van der Waals surface area (Å²) in [5.41, 5.74) is 4.63. The number of hydrogen-bond donors (Lipinski definition) is 1. The van der Waals surface area contributed by atoms with Gasteiger partial charge in [-0.1, -0.05) is 6.07 Å². The molecule has 2 amide bonds. The largest absolute Gasteiger partial charge is 0.359 e. The lowest BCUT2D eigenvalue weighted by molar-refractivity contribution is -0.117. The molecule has 0 bridgehead atoms. The maximum atomic E-state index is 13.0. The number of thiazole rings is 1. The summed E-state index contributed by atoms with van der Waals surface area (Å²) >= 11 is 1.60. The van der Waals surface area contributed by atoms with Gasteiger partial charge in [-0.25, -0.2) is 9.97 Å². The average molecular weight is 423 g/mol. The molecule has 3 aromatic rings. The Labute approximate surface area is 178 Å². The predicted octanol–water partition coefficient (Wildman–Crippen LogP) is 2.51. The summed E-state index contributed by atoms with van der Waals surface area (Å²) in [7, 11) is 1.77. The van der Waals surface area contributed by atoms with Crippen LogP contribution in [0.25, 0.3) is 0 Å². The Balaban J connectivity index is 1.53. The number of rotatable bonds is 6. The van der Waals surface area contributed by atoms with Crippen molar-refractivity contribution in [2.24, 2.45) is 0 Å². The van der Waals surface area contributed by atoms with E-state index in [-0.39, 0.29) is 18.4 Å². The molecule has 0 saturated heterocycles. The van der Waals surface area contributed by atoms with Gasteiger partial charge in [-0.3, -0.25) is 14.6 Å². The van der Waals surface area contributed by atoms with E-state index in [4.69, 9.17) is 0 Å². The van der Waals surface area contributed by atoms with Crippen LogP contribution in [-0.4, -0.2) is 51.8 Å². The molecule has 30 heavy (non-hydrogen) atoms. The van der Waals surface area contributed by atoms with Crippen molar-refractivity contribution in [3.05, 3.63) is 64.0 Å². The molecule has 0 spiro atoms. The van der Waals surface area contributed by atoms with E-state index in [0.29, 0.717) is 30.2 Å². The summed E-state index contributed by atoms with van der Waals surface area (Å²) in [6, 6.07) is 7.31. The van der Waals surface area contributed by atoms with Crippen molar-refractivity contribution in [3.63, 3.8) is 0 Å². The SMILES string of the molecule is Cc1ncsc1CCN(C)C(=O)c1cnc2c(c1)N(Cc1ccccn1)C(=O)CN2. The summed E-state index contributed by atoms with van der Waals surface area (Å²) in [6.07, 6.45) is 4.00. The van der Waals surface area contributed by atoms with Gasteiger partial charge in [0.05, 0.1) is 41.2 Å². The lowest BCUT2D eigenvalue weighted by Crippen LogP contribution is -2.40. The highest BCUT2D eigenvalue weighted by atomic mass is 32.1. The molecule has 0 radical (unpaired) electrons. The Bertz CT molecular complexity index is 1070. The van der Waals surface area contributed by atoms with Gasteiger partial charge in [-0.05, 0) is 25.1 Å². The van der Waals surface area contributed by atoms with Crippen molar-refractivity contribution in [1.29, 1.82) is 0 Å². The van der Waals surface area contributed by atoms with Crippen molar-refractivity contribution in [2.45, 2.75) is 19.9 Å². The number of amides is 2. The molecule has 1 N–H and O–H groups in total. The maximum Gasteiger partial charge on any atom is 0.255 e. The number of nitrogens with one attached hydrogen (secondary N) is 1. The van der Waals surface area contributed by atoms with E-state index < -0.39 is 0 Å². The Hall–Kier alpha value is -3.33. The minimum Gasteiger partial charge on any atom is -0.359 e. The molecule has 0 aliphatic carbocycles. The zero-order valence-electron chi connectivity index (χ0n) is 16.8. The highest BCUT2D eigenvalue weighted by Gasteiger charge is 2.27. The van der Waals surface area contributed by atoms with Crippen LogP contribution in [0, 0.1) is 6.92 Å². The van der Waals surface area contributed by atoms with Gasteiger partial charge < -0.3 is 15.1 Å². The fraction of sp³-hybridized carbons (Fsp3) is 0.286. The average Bonchev–Trinajstić information content (AvgIpc) is 3.18. The van der Waals surface area contributed by atoms with Gasteiger partial charge in [-0.15, -0.1) is 11.3 Å². The molecule has 9 heteroatoms. The van der Waals surface area contributed by atoms with Crippen LogP contribution in [-0.2, 0) is 17.8 Å². The van der Waals surface area contributed by atoms with Gasteiger partial charge in [0.15, 0.2) is 5.82 Å². The van der Waals surface area contributed by atoms with Crippen LogP contribution in [0.4, 0.5) is 11.5 Å². The van der Waals surface area contributed by atoms with Gasteiger partial charge in [0, 0.05) is 37.3 Å². The number of anilines is 2. The summed E-state index contributed by atoms with van der Waals surface area (Å²) in [5.74, 6) is 0.363. The number of nitrogens with zero attached hydrogens (tertiary/aromatic N) is 5. The fourth-order valence-corrected chi connectivity index (χ4v) is 4.06. The molecule has 0 unspecified atom stereocenters. The van der Waals surface area contributed by atoms with Crippen molar-refractivity contribution >= 4 is 34.7 Å². The fourth-order valence-electron chi connectivity index (χ4n) is 3.29. The molecule has 0 fully saturated rings. The number of carbonyl (C=O) groups excluding carboxylic acids is 2. The molecule has 0 atom stereocenters.